The molecule has 2 N–H and O–H groups in total. The summed E-state index contributed by atoms with van der Waals surface area (Å²) in [4.78, 5) is 25.1. The van der Waals surface area contributed by atoms with E-state index in [1.165, 1.54) is 0 Å². The largest absolute Gasteiger partial charge is 0.484 e. The van der Waals surface area contributed by atoms with E-state index in [9.17, 15) is 9.59 Å². The van der Waals surface area contributed by atoms with E-state index < -0.39 is 5.91 Å². The van der Waals surface area contributed by atoms with E-state index in [1.807, 2.05) is 31.2 Å². The van der Waals surface area contributed by atoms with Gasteiger partial charge in [-0.15, -0.1) is 0 Å². The van der Waals surface area contributed by atoms with E-state index in [4.69, 9.17) is 9.15 Å². The Morgan fingerprint density at radius 3 is 2.52 bits per heavy atom. The lowest BCUT2D eigenvalue weighted by molar-refractivity contribution is 0.0990. The number of anilines is 2. The van der Waals surface area contributed by atoms with Crippen LogP contribution in [0.4, 0.5) is 11.4 Å². The van der Waals surface area contributed by atoms with Gasteiger partial charge in [0.25, 0.3) is 11.8 Å². The van der Waals surface area contributed by atoms with Crippen molar-refractivity contribution in [3.8, 4) is 5.75 Å². The molecule has 2 amide bonds. The van der Waals surface area contributed by atoms with Gasteiger partial charge in [-0.1, -0.05) is 18.2 Å². The molecule has 0 unspecified atom stereocenters. The monoisotopic (exact) mass is 508 g/mol. The van der Waals surface area contributed by atoms with Crippen LogP contribution in [-0.2, 0) is 13.2 Å². The molecule has 4 rings (SSSR count). The highest BCUT2D eigenvalue weighted by molar-refractivity contribution is 9.10. The maximum atomic E-state index is 12.6. The number of aromatic nitrogens is 2. The zero-order chi connectivity index (χ0) is 23.2. The molecule has 0 atom stereocenters. The number of rotatable bonds is 8. The number of halogens is 1. The summed E-state index contributed by atoms with van der Waals surface area (Å²) in [6, 6.07) is 19.3. The second kappa shape index (κ2) is 10.2. The molecule has 4 aromatic rings. The number of ether oxygens (including phenoxy) is 1. The molecule has 2 aromatic carbocycles. The van der Waals surface area contributed by atoms with Gasteiger partial charge in [-0.3, -0.25) is 14.3 Å². The van der Waals surface area contributed by atoms with E-state index in [0.29, 0.717) is 35.1 Å². The van der Waals surface area contributed by atoms with Crippen LogP contribution in [0.25, 0.3) is 0 Å². The van der Waals surface area contributed by atoms with Crippen LogP contribution in [0.1, 0.15) is 33.7 Å². The van der Waals surface area contributed by atoms with Gasteiger partial charge in [0.05, 0.1) is 4.47 Å². The molecule has 168 valence electrons. The molecule has 0 aliphatic rings. The SMILES string of the molecule is CCn1nccc1C(=O)Nc1cccc(NC(=O)c2ccc(COc3ccccc3Br)o2)c1. The Labute approximate surface area is 198 Å². The Morgan fingerprint density at radius 2 is 1.76 bits per heavy atom. The van der Waals surface area contributed by atoms with Crippen molar-refractivity contribution in [3.05, 3.63) is 94.6 Å². The summed E-state index contributed by atoms with van der Waals surface area (Å²) in [7, 11) is 0. The normalized spacial score (nSPS) is 10.6. The van der Waals surface area contributed by atoms with E-state index in [-0.39, 0.29) is 18.3 Å². The predicted molar refractivity (Wildman–Crippen MR) is 127 cm³/mol. The summed E-state index contributed by atoms with van der Waals surface area (Å²) in [5.41, 5.74) is 1.52. The van der Waals surface area contributed by atoms with Gasteiger partial charge in [0.2, 0.25) is 0 Å². The molecule has 8 nitrogen and oxygen atoms in total. The fraction of sp³-hybridized carbons (Fsp3) is 0.125. The fourth-order valence-electron chi connectivity index (χ4n) is 3.13. The minimum absolute atomic E-state index is 0.155. The van der Waals surface area contributed by atoms with E-state index in [0.717, 1.165) is 4.47 Å². The molecule has 0 fully saturated rings. The lowest BCUT2D eigenvalue weighted by atomic mass is 10.2. The molecule has 0 saturated carbocycles. The first-order chi connectivity index (χ1) is 16.0. The molecule has 0 spiro atoms. The van der Waals surface area contributed by atoms with Crippen molar-refractivity contribution in [2.75, 3.05) is 10.6 Å². The summed E-state index contributed by atoms with van der Waals surface area (Å²) >= 11 is 3.42. The number of benzene rings is 2. The van der Waals surface area contributed by atoms with Crippen LogP contribution < -0.4 is 15.4 Å². The van der Waals surface area contributed by atoms with E-state index >= 15 is 0 Å². The van der Waals surface area contributed by atoms with Crippen molar-refractivity contribution in [3.63, 3.8) is 0 Å². The number of para-hydroxylation sites is 1. The smallest absolute Gasteiger partial charge is 0.291 e. The molecule has 0 aliphatic heterocycles. The Morgan fingerprint density at radius 1 is 1.00 bits per heavy atom. The van der Waals surface area contributed by atoms with Crippen molar-refractivity contribution in [1.29, 1.82) is 0 Å². The van der Waals surface area contributed by atoms with Crippen LogP contribution in [0.2, 0.25) is 0 Å². The van der Waals surface area contributed by atoms with Gasteiger partial charge in [-0.25, -0.2) is 0 Å². The minimum Gasteiger partial charge on any atom is -0.484 e. The van der Waals surface area contributed by atoms with Crippen LogP contribution in [0.15, 0.2) is 81.8 Å². The average Bonchev–Trinajstić information content (AvgIpc) is 3.48. The summed E-state index contributed by atoms with van der Waals surface area (Å²) in [6.07, 6.45) is 1.58. The quantitative estimate of drug-likeness (QED) is 0.334. The summed E-state index contributed by atoms with van der Waals surface area (Å²) in [5, 5.41) is 9.70. The van der Waals surface area contributed by atoms with Gasteiger partial charge < -0.3 is 19.8 Å². The van der Waals surface area contributed by atoms with Crippen LogP contribution in [-0.4, -0.2) is 21.6 Å². The van der Waals surface area contributed by atoms with Gasteiger partial charge in [0.15, 0.2) is 5.76 Å². The Balaban J connectivity index is 1.37. The average molecular weight is 509 g/mol. The van der Waals surface area contributed by atoms with Gasteiger partial charge in [-0.2, -0.15) is 5.10 Å². The lowest BCUT2D eigenvalue weighted by Gasteiger charge is -2.09. The number of furan rings is 1. The summed E-state index contributed by atoms with van der Waals surface area (Å²) in [5.74, 6) is 0.667. The first kappa shape index (κ1) is 22.3. The number of carbonyl (C=O) groups excluding carboxylic acids is 2. The molecule has 33 heavy (non-hydrogen) atoms. The highest BCUT2D eigenvalue weighted by Crippen LogP contribution is 2.25. The highest BCUT2D eigenvalue weighted by atomic mass is 79.9. The number of hydrogen-bond acceptors (Lipinski definition) is 5. The van der Waals surface area contributed by atoms with Crippen molar-refractivity contribution in [2.24, 2.45) is 0 Å². The summed E-state index contributed by atoms with van der Waals surface area (Å²) in [6.45, 7) is 2.68. The number of nitrogens with one attached hydrogen (secondary N) is 2. The maximum Gasteiger partial charge on any atom is 0.291 e. The van der Waals surface area contributed by atoms with Gasteiger partial charge in [0, 0.05) is 24.1 Å². The first-order valence-electron chi connectivity index (χ1n) is 10.2. The molecule has 9 heteroatoms. The lowest BCUT2D eigenvalue weighted by Crippen LogP contribution is -2.17. The van der Waals surface area contributed by atoms with Crippen molar-refractivity contribution >= 4 is 39.1 Å². The summed E-state index contributed by atoms with van der Waals surface area (Å²) < 4.78 is 13.8. The zero-order valence-electron chi connectivity index (χ0n) is 17.7. The van der Waals surface area contributed by atoms with Crippen molar-refractivity contribution in [2.45, 2.75) is 20.1 Å². The third-order valence-corrected chi connectivity index (χ3v) is 5.37. The Hall–Kier alpha value is -3.85. The molecule has 2 aromatic heterocycles. The van der Waals surface area contributed by atoms with Crippen LogP contribution in [0.5, 0.6) is 5.75 Å². The second-order valence-electron chi connectivity index (χ2n) is 7.01. The number of aryl methyl sites for hydroxylation is 1. The molecule has 0 saturated heterocycles. The van der Waals surface area contributed by atoms with Gasteiger partial charge >= 0.3 is 0 Å². The molecule has 0 radical (unpaired) electrons. The number of nitrogens with zero attached hydrogens (tertiary/aromatic N) is 2. The molecular weight excluding hydrogens is 488 g/mol. The van der Waals surface area contributed by atoms with Crippen LogP contribution in [0, 0.1) is 0 Å². The van der Waals surface area contributed by atoms with Crippen molar-refractivity contribution in [1.82, 2.24) is 9.78 Å². The second-order valence-corrected chi connectivity index (χ2v) is 7.86. The molecule has 2 heterocycles. The Kier molecular flexibility index (Phi) is 6.89. The topological polar surface area (TPSA) is 98.4 Å². The molecular formula is C24H21BrN4O4. The fourth-order valence-corrected chi connectivity index (χ4v) is 3.53. The maximum absolute atomic E-state index is 12.6. The number of amides is 2. The third kappa shape index (κ3) is 5.50. The van der Waals surface area contributed by atoms with Gasteiger partial charge in [-0.05, 0) is 71.4 Å². The van der Waals surface area contributed by atoms with Crippen LogP contribution >= 0.6 is 15.9 Å². The van der Waals surface area contributed by atoms with Crippen LogP contribution in [0.3, 0.4) is 0 Å². The van der Waals surface area contributed by atoms with E-state index in [1.54, 1.807) is 53.3 Å². The first-order valence-corrected chi connectivity index (χ1v) is 11.0. The minimum atomic E-state index is -0.408. The highest BCUT2D eigenvalue weighted by Gasteiger charge is 2.14. The number of carbonyl (C=O) groups is 2. The van der Waals surface area contributed by atoms with E-state index in [2.05, 4.69) is 31.7 Å². The molecule has 0 aliphatic carbocycles. The number of hydrogen-bond donors (Lipinski definition) is 2. The van der Waals surface area contributed by atoms with Gasteiger partial charge in [0.1, 0.15) is 23.8 Å². The zero-order valence-corrected chi connectivity index (χ0v) is 19.3. The third-order valence-electron chi connectivity index (χ3n) is 4.72. The Bertz CT molecular complexity index is 1280. The standard InChI is InChI=1S/C24H21BrN4O4/c1-2-29-20(12-13-26-29)23(30)27-16-6-5-7-17(14-16)28-24(31)22-11-10-18(33-22)15-32-21-9-4-3-8-19(21)25/h3-14H,2,15H2,1H3,(H,27,30)(H,28,31). The predicted octanol–water partition coefficient (Wildman–Crippen LogP) is 5.34. The van der Waals surface area contributed by atoms with Crippen molar-refractivity contribution < 1.29 is 18.7 Å². The molecule has 0 bridgehead atoms.